The summed E-state index contributed by atoms with van der Waals surface area (Å²) in [5.41, 5.74) is 0. The third-order valence-corrected chi connectivity index (χ3v) is 6.71. The molecule has 7 N–H and O–H groups in total. The van der Waals surface area contributed by atoms with Crippen LogP contribution in [0, 0.1) is 0 Å². The zero-order chi connectivity index (χ0) is 34.7. The minimum Gasteiger partial charge on any atom is -0.481 e. The lowest BCUT2D eigenvalue weighted by Gasteiger charge is -2.15. The van der Waals surface area contributed by atoms with Crippen LogP contribution in [-0.4, -0.2) is 117 Å². The molecule has 17 nitrogen and oxygen atoms in total. The van der Waals surface area contributed by atoms with E-state index in [9.17, 15) is 49.2 Å². The zero-order valence-corrected chi connectivity index (χ0v) is 26.8. The molecule has 6 amide bonds. The number of carboxylic acid groups (broad SMARTS) is 1. The van der Waals surface area contributed by atoms with Crippen molar-refractivity contribution in [3.8, 4) is 0 Å². The molecule has 0 aliphatic heterocycles. The number of hydroxylamine groups is 6. The highest BCUT2D eigenvalue weighted by atomic mass is 16.5. The maximum atomic E-state index is 12.1. The van der Waals surface area contributed by atoms with Crippen LogP contribution in [-0.2, 0) is 33.6 Å². The molecule has 0 heterocycles. The van der Waals surface area contributed by atoms with Gasteiger partial charge in [0, 0.05) is 78.3 Å². The van der Waals surface area contributed by atoms with Crippen LogP contribution >= 0.6 is 0 Å². The van der Waals surface area contributed by atoms with Gasteiger partial charge in [0.2, 0.25) is 35.4 Å². The van der Waals surface area contributed by atoms with Crippen LogP contribution in [0.3, 0.4) is 0 Å². The van der Waals surface area contributed by atoms with Gasteiger partial charge < -0.3 is 21.1 Å². The Balaban J connectivity index is 3.79. The van der Waals surface area contributed by atoms with Gasteiger partial charge in [-0.05, 0) is 57.8 Å². The van der Waals surface area contributed by atoms with E-state index in [4.69, 9.17) is 5.11 Å². The van der Waals surface area contributed by atoms with Crippen molar-refractivity contribution in [3.63, 3.8) is 0 Å². The van der Waals surface area contributed by atoms with Gasteiger partial charge in [-0.15, -0.1) is 0 Å². The maximum Gasteiger partial charge on any atom is 0.303 e. The summed E-state index contributed by atoms with van der Waals surface area (Å²) >= 11 is 0. The van der Waals surface area contributed by atoms with Crippen molar-refractivity contribution >= 4 is 41.4 Å². The van der Waals surface area contributed by atoms with Gasteiger partial charge in [-0.1, -0.05) is 0 Å². The van der Waals surface area contributed by atoms with Crippen molar-refractivity contribution in [2.75, 3.05) is 39.3 Å². The van der Waals surface area contributed by atoms with Crippen LogP contribution in [0.5, 0.6) is 0 Å². The molecule has 46 heavy (non-hydrogen) atoms. The Morgan fingerprint density at radius 3 is 1.11 bits per heavy atom. The summed E-state index contributed by atoms with van der Waals surface area (Å²) in [7, 11) is 0. The standard InChI is InChI=1S/C29H52N6O11/c1-23(36)30-17-5-2-8-20-33(44)26(39)13-11-24(37)31-18-6-3-9-21-34(45)27(40)14-12-25(38)32-19-7-4-10-22-35(46)28(41)15-16-29(42)43/h44-46H,2-22H2,1H3,(H,30,36)(H,31,37)(H,32,38)(H,42,43). The average Bonchev–Trinajstić information content (AvgIpc) is 3.01. The Morgan fingerprint density at radius 2 is 0.783 bits per heavy atom. The summed E-state index contributed by atoms with van der Waals surface area (Å²) in [6.07, 6.45) is 4.26. The molecule has 0 fully saturated rings. The van der Waals surface area contributed by atoms with E-state index in [1.165, 1.54) is 6.92 Å². The molecule has 264 valence electrons. The lowest BCUT2D eigenvalue weighted by atomic mass is 10.2. The van der Waals surface area contributed by atoms with E-state index < -0.39 is 23.7 Å². The highest BCUT2D eigenvalue weighted by Crippen LogP contribution is 2.04. The van der Waals surface area contributed by atoms with Gasteiger partial charge in [-0.25, -0.2) is 15.2 Å². The minimum atomic E-state index is -1.12. The second kappa shape index (κ2) is 26.4. The first-order valence-corrected chi connectivity index (χ1v) is 15.8. The van der Waals surface area contributed by atoms with Crippen molar-refractivity contribution in [1.29, 1.82) is 0 Å². The number of rotatable bonds is 27. The third kappa shape index (κ3) is 24.5. The Kier molecular flexibility index (Phi) is 24.2. The SMILES string of the molecule is CC(=O)NCCCCCN(O)C(=O)CCC(=O)NCCCCCN(O)C(=O)CCC(=O)NCCCCCN(O)C(=O)CCC(=O)O. The van der Waals surface area contributed by atoms with E-state index in [2.05, 4.69) is 16.0 Å². The monoisotopic (exact) mass is 660 g/mol. The average molecular weight is 661 g/mol. The molecule has 0 aliphatic rings. The first-order valence-electron chi connectivity index (χ1n) is 15.8. The number of unbranched alkanes of at least 4 members (excludes halogenated alkanes) is 6. The van der Waals surface area contributed by atoms with Crippen LogP contribution < -0.4 is 16.0 Å². The minimum absolute atomic E-state index is 0.0558. The van der Waals surface area contributed by atoms with Gasteiger partial charge in [-0.3, -0.25) is 49.2 Å². The van der Waals surface area contributed by atoms with Crippen molar-refractivity contribution in [2.24, 2.45) is 0 Å². The fourth-order valence-electron chi connectivity index (χ4n) is 4.00. The van der Waals surface area contributed by atoms with Crippen LogP contribution in [0.2, 0.25) is 0 Å². The van der Waals surface area contributed by atoms with Gasteiger partial charge in [0.15, 0.2) is 0 Å². The molecule has 0 rings (SSSR count). The number of hydrogen-bond donors (Lipinski definition) is 7. The first kappa shape index (κ1) is 42.2. The quantitative estimate of drug-likeness (QED) is 0.0371. The molecular formula is C29H52N6O11. The molecular weight excluding hydrogens is 608 g/mol. The molecule has 0 atom stereocenters. The number of aliphatic carboxylic acids is 1. The summed E-state index contributed by atoms with van der Waals surface area (Å²) in [6, 6.07) is 0. The Hall–Kier alpha value is -3.83. The number of carbonyl (C=O) groups excluding carboxylic acids is 6. The predicted molar refractivity (Wildman–Crippen MR) is 162 cm³/mol. The van der Waals surface area contributed by atoms with E-state index in [0.717, 1.165) is 12.8 Å². The van der Waals surface area contributed by atoms with E-state index in [1.807, 2.05) is 0 Å². The number of hydrogen-bond acceptors (Lipinski definition) is 10. The second-order valence-corrected chi connectivity index (χ2v) is 10.8. The van der Waals surface area contributed by atoms with Gasteiger partial charge in [0.25, 0.3) is 0 Å². The number of nitrogens with zero attached hydrogens (tertiary/aromatic N) is 3. The number of carbonyl (C=O) groups is 7. The van der Waals surface area contributed by atoms with Gasteiger partial charge in [0.05, 0.1) is 6.42 Å². The zero-order valence-electron chi connectivity index (χ0n) is 26.8. The highest BCUT2D eigenvalue weighted by Gasteiger charge is 2.15. The molecule has 0 aromatic rings. The maximum absolute atomic E-state index is 12.1. The predicted octanol–water partition coefficient (Wildman–Crippen LogP) is 0.944. The molecule has 0 aromatic heterocycles. The molecule has 0 saturated carbocycles. The second-order valence-electron chi connectivity index (χ2n) is 10.8. The summed E-state index contributed by atoms with van der Waals surface area (Å²) < 4.78 is 0. The normalized spacial score (nSPS) is 10.5. The van der Waals surface area contributed by atoms with E-state index >= 15 is 0 Å². The van der Waals surface area contributed by atoms with E-state index in [0.29, 0.717) is 79.8 Å². The van der Waals surface area contributed by atoms with Crippen molar-refractivity contribution in [2.45, 2.75) is 103 Å². The molecule has 0 spiro atoms. The number of carboxylic acids is 1. The Bertz CT molecular complexity index is 966. The first-order chi connectivity index (χ1) is 21.8. The molecule has 0 saturated heterocycles. The van der Waals surface area contributed by atoms with Gasteiger partial charge in [-0.2, -0.15) is 0 Å². The number of nitrogens with one attached hydrogen (secondary N) is 3. The van der Waals surface area contributed by atoms with Crippen molar-refractivity contribution in [3.05, 3.63) is 0 Å². The van der Waals surface area contributed by atoms with E-state index in [1.54, 1.807) is 0 Å². The Morgan fingerprint density at radius 1 is 0.457 bits per heavy atom. The topological polar surface area (TPSA) is 246 Å². The lowest BCUT2D eigenvalue weighted by molar-refractivity contribution is -0.166. The van der Waals surface area contributed by atoms with Gasteiger partial charge in [0.1, 0.15) is 0 Å². The fourth-order valence-corrected chi connectivity index (χ4v) is 4.00. The largest absolute Gasteiger partial charge is 0.481 e. The highest BCUT2D eigenvalue weighted by molar-refractivity contribution is 5.84. The lowest BCUT2D eigenvalue weighted by Crippen LogP contribution is -2.31. The molecule has 0 bridgehead atoms. The summed E-state index contributed by atoms with van der Waals surface area (Å²) in [5.74, 6) is -3.71. The van der Waals surface area contributed by atoms with Crippen LogP contribution in [0.4, 0.5) is 0 Å². The summed E-state index contributed by atoms with van der Waals surface area (Å²) in [6.45, 7) is 2.94. The molecule has 0 radical (unpaired) electrons. The molecule has 0 unspecified atom stereocenters. The Labute approximate surface area is 269 Å². The van der Waals surface area contributed by atoms with Crippen molar-refractivity contribution < 1.29 is 54.3 Å². The smallest absolute Gasteiger partial charge is 0.303 e. The molecule has 0 aliphatic carbocycles. The van der Waals surface area contributed by atoms with Crippen molar-refractivity contribution in [1.82, 2.24) is 31.1 Å². The fraction of sp³-hybridized carbons (Fsp3) is 0.759. The summed E-state index contributed by atoms with van der Waals surface area (Å²) in [4.78, 5) is 80.7. The van der Waals surface area contributed by atoms with Crippen LogP contribution in [0.1, 0.15) is 103 Å². The third-order valence-electron chi connectivity index (χ3n) is 6.71. The van der Waals surface area contributed by atoms with Gasteiger partial charge >= 0.3 is 5.97 Å². The molecule has 17 heteroatoms. The number of amides is 6. The van der Waals surface area contributed by atoms with Crippen LogP contribution in [0.25, 0.3) is 0 Å². The van der Waals surface area contributed by atoms with Crippen LogP contribution in [0.15, 0.2) is 0 Å². The summed E-state index contributed by atoms with van der Waals surface area (Å²) in [5, 5.41) is 47.5. The van der Waals surface area contributed by atoms with E-state index in [-0.39, 0.29) is 75.9 Å². The molecule has 0 aromatic carbocycles.